The molecule has 0 radical (unpaired) electrons. The number of rotatable bonds is 5. The molecule has 1 heterocycles. The molecule has 0 fully saturated rings. The summed E-state index contributed by atoms with van der Waals surface area (Å²) >= 11 is 0. The minimum absolute atomic E-state index is 0.154. The molecule has 0 spiro atoms. The minimum atomic E-state index is -0.587. The van der Waals surface area contributed by atoms with Crippen molar-refractivity contribution in [2.45, 2.75) is 20.8 Å². The largest absolute Gasteiger partial charge is 0.459 e. The summed E-state index contributed by atoms with van der Waals surface area (Å²) in [7, 11) is 0. The number of carbonyl (C=O) groups excluding carboxylic acids is 3. The van der Waals surface area contributed by atoms with Crippen molar-refractivity contribution in [1.29, 1.82) is 0 Å². The van der Waals surface area contributed by atoms with Crippen LogP contribution in [0.25, 0.3) is 0 Å². The Labute approximate surface area is 139 Å². The third kappa shape index (κ3) is 4.55. The fourth-order valence-electron chi connectivity index (χ4n) is 1.72. The zero-order chi connectivity index (χ0) is 17.7. The molecule has 0 aliphatic heterocycles. The van der Waals surface area contributed by atoms with Crippen LogP contribution in [0.4, 0.5) is 5.69 Å². The van der Waals surface area contributed by atoms with Crippen LogP contribution in [0.2, 0.25) is 0 Å². The molecule has 0 unspecified atom stereocenters. The van der Waals surface area contributed by atoms with Gasteiger partial charge < -0.3 is 14.5 Å². The van der Waals surface area contributed by atoms with Crippen molar-refractivity contribution in [3.8, 4) is 0 Å². The number of Topliss-reactive ketones (excluding diaryl/α,β-unsaturated/α-hetero) is 1. The van der Waals surface area contributed by atoms with E-state index >= 15 is 0 Å². The molecule has 1 aromatic carbocycles. The predicted octanol–water partition coefficient (Wildman–Crippen LogP) is 3.30. The predicted molar refractivity (Wildman–Crippen MR) is 87.8 cm³/mol. The molecule has 2 aromatic rings. The second-order valence-corrected chi connectivity index (χ2v) is 6.26. The molecule has 1 aromatic heterocycles. The fourth-order valence-corrected chi connectivity index (χ4v) is 1.72. The van der Waals surface area contributed by atoms with Gasteiger partial charge in [0.15, 0.2) is 18.2 Å². The van der Waals surface area contributed by atoms with Crippen molar-refractivity contribution in [2.75, 3.05) is 11.9 Å². The van der Waals surface area contributed by atoms with Gasteiger partial charge in [-0.2, -0.15) is 0 Å². The molecule has 0 bridgehead atoms. The molecule has 1 amide bonds. The summed E-state index contributed by atoms with van der Waals surface area (Å²) in [6.45, 7) is 5.03. The van der Waals surface area contributed by atoms with E-state index in [1.807, 2.05) is 0 Å². The summed E-state index contributed by atoms with van der Waals surface area (Å²) in [5, 5.41) is 2.64. The minimum Gasteiger partial charge on any atom is -0.459 e. The van der Waals surface area contributed by atoms with E-state index in [0.717, 1.165) is 0 Å². The van der Waals surface area contributed by atoms with Gasteiger partial charge in [-0.15, -0.1) is 0 Å². The Morgan fingerprint density at radius 3 is 2.29 bits per heavy atom. The number of ketones is 1. The van der Waals surface area contributed by atoms with Crippen LogP contribution in [0.5, 0.6) is 0 Å². The van der Waals surface area contributed by atoms with Gasteiger partial charge in [-0.1, -0.05) is 20.8 Å². The second kappa shape index (κ2) is 7.12. The molecule has 6 heteroatoms. The van der Waals surface area contributed by atoms with E-state index in [1.165, 1.54) is 18.4 Å². The highest BCUT2D eigenvalue weighted by molar-refractivity contribution is 6.02. The average Bonchev–Trinajstić information content (AvgIpc) is 3.06. The number of hydrogen-bond acceptors (Lipinski definition) is 5. The first-order valence-corrected chi connectivity index (χ1v) is 7.43. The quantitative estimate of drug-likeness (QED) is 0.851. The van der Waals surface area contributed by atoms with Gasteiger partial charge in [-0.25, -0.2) is 4.79 Å². The van der Waals surface area contributed by atoms with Crippen molar-refractivity contribution in [3.05, 3.63) is 54.0 Å². The number of ether oxygens (including phenoxy) is 1. The van der Waals surface area contributed by atoms with Gasteiger partial charge in [0.05, 0.1) is 11.8 Å². The van der Waals surface area contributed by atoms with E-state index in [4.69, 9.17) is 9.15 Å². The Hall–Kier alpha value is -2.89. The highest BCUT2D eigenvalue weighted by Crippen LogP contribution is 2.16. The number of benzene rings is 1. The molecule has 0 saturated carbocycles. The maximum Gasteiger partial charge on any atom is 0.338 e. The van der Waals surface area contributed by atoms with Gasteiger partial charge in [0, 0.05) is 11.1 Å². The summed E-state index contributed by atoms with van der Waals surface area (Å²) < 4.78 is 10.00. The van der Waals surface area contributed by atoms with Gasteiger partial charge in [-0.3, -0.25) is 9.59 Å². The first-order valence-electron chi connectivity index (χ1n) is 7.43. The molecule has 2 rings (SSSR count). The average molecular weight is 329 g/mol. The summed E-state index contributed by atoms with van der Waals surface area (Å²) in [5.74, 6) is -0.931. The molecule has 1 N–H and O–H groups in total. The van der Waals surface area contributed by atoms with E-state index in [1.54, 1.807) is 45.0 Å². The van der Waals surface area contributed by atoms with Gasteiger partial charge >= 0.3 is 5.97 Å². The Bertz CT molecular complexity index is 724. The van der Waals surface area contributed by atoms with Crippen molar-refractivity contribution in [2.24, 2.45) is 5.41 Å². The number of esters is 1. The lowest BCUT2D eigenvalue weighted by molar-refractivity contribution is -0.129. The molecular formula is C18H19NO5. The summed E-state index contributed by atoms with van der Waals surface area (Å²) in [6, 6.07) is 9.34. The molecule has 0 atom stereocenters. The number of carbonyl (C=O) groups is 3. The van der Waals surface area contributed by atoms with Crippen LogP contribution in [0, 0.1) is 5.41 Å². The molecule has 24 heavy (non-hydrogen) atoms. The number of nitrogens with one attached hydrogen (secondary N) is 1. The van der Waals surface area contributed by atoms with Gasteiger partial charge in [0.1, 0.15) is 0 Å². The van der Waals surface area contributed by atoms with E-state index in [0.29, 0.717) is 11.3 Å². The first-order chi connectivity index (χ1) is 11.3. The zero-order valence-corrected chi connectivity index (χ0v) is 13.8. The van der Waals surface area contributed by atoms with Crippen LogP contribution in [0.3, 0.4) is 0 Å². The number of hydrogen-bond donors (Lipinski definition) is 1. The van der Waals surface area contributed by atoms with Crippen LogP contribution < -0.4 is 5.32 Å². The topological polar surface area (TPSA) is 85.6 Å². The Morgan fingerprint density at radius 2 is 1.75 bits per heavy atom. The zero-order valence-electron chi connectivity index (χ0n) is 13.8. The smallest absolute Gasteiger partial charge is 0.338 e. The van der Waals surface area contributed by atoms with Crippen LogP contribution >= 0.6 is 0 Å². The lowest BCUT2D eigenvalue weighted by atomic mass is 9.91. The first kappa shape index (κ1) is 17.5. The Morgan fingerprint density at radius 1 is 1.08 bits per heavy atom. The highest BCUT2D eigenvalue weighted by Gasteiger charge is 2.22. The van der Waals surface area contributed by atoms with Crippen molar-refractivity contribution < 1.29 is 23.5 Å². The maximum absolute atomic E-state index is 11.9. The fraction of sp³-hybridized carbons (Fsp3) is 0.278. The third-order valence-electron chi connectivity index (χ3n) is 3.29. The maximum atomic E-state index is 11.9. The summed E-state index contributed by atoms with van der Waals surface area (Å²) in [5.41, 5.74) is 0.256. The Balaban J connectivity index is 1.93. The van der Waals surface area contributed by atoms with Crippen molar-refractivity contribution >= 4 is 23.3 Å². The summed E-state index contributed by atoms with van der Waals surface area (Å²) in [6.07, 6.45) is 1.41. The van der Waals surface area contributed by atoms with Crippen LogP contribution in [0.1, 0.15) is 41.7 Å². The van der Waals surface area contributed by atoms with Crippen LogP contribution in [-0.4, -0.2) is 24.3 Å². The second-order valence-electron chi connectivity index (χ2n) is 6.26. The van der Waals surface area contributed by atoms with E-state index in [9.17, 15) is 14.4 Å². The molecule has 0 aliphatic rings. The molecule has 0 aliphatic carbocycles. The molecule has 6 nitrogen and oxygen atoms in total. The summed E-state index contributed by atoms with van der Waals surface area (Å²) in [4.78, 5) is 35.5. The third-order valence-corrected chi connectivity index (χ3v) is 3.29. The van der Waals surface area contributed by atoms with Gasteiger partial charge in [0.2, 0.25) is 0 Å². The molecule has 0 saturated heterocycles. The van der Waals surface area contributed by atoms with E-state index < -0.39 is 11.4 Å². The molecule has 126 valence electrons. The SMILES string of the molecule is CC(C)(C)C(=O)COC(=O)c1ccc(NC(=O)c2ccco2)cc1. The van der Waals surface area contributed by atoms with E-state index in [2.05, 4.69) is 5.32 Å². The van der Waals surface area contributed by atoms with Crippen LogP contribution in [0.15, 0.2) is 47.1 Å². The van der Waals surface area contributed by atoms with Crippen LogP contribution in [-0.2, 0) is 9.53 Å². The lowest BCUT2D eigenvalue weighted by Gasteiger charge is -2.16. The van der Waals surface area contributed by atoms with Crippen molar-refractivity contribution in [3.63, 3.8) is 0 Å². The van der Waals surface area contributed by atoms with Gasteiger partial charge in [-0.05, 0) is 36.4 Å². The number of amides is 1. The van der Waals surface area contributed by atoms with Crippen molar-refractivity contribution in [1.82, 2.24) is 0 Å². The van der Waals surface area contributed by atoms with Gasteiger partial charge in [0.25, 0.3) is 5.91 Å². The Kier molecular flexibility index (Phi) is 5.18. The highest BCUT2D eigenvalue weighted by atomic mass is 16.5. The normalized spacial score (nSPS) is 11.0. The monoisotopic (exact) mass is 329 g/mol. The number of anilines is 1. The van der Waals surface area contributed by atoms with E-state index in [-0.39, 0.29) is 24.1 Å². The standard InChI is InChI=1S/C18H19NO5/c1-18(2,3)15(20)11-24-17(22)12-6-8-13(9-7-12)19-16(21)14-5-4-10-23-14/h4-10H,11H2,1-3H3,(H,19,21). The molecular weight excluding hydrogens is 310 g/mol. The number of furan rings is 1. The lowest BCUT2D eigenvalue weighted by Crippen LogP contribution is -2.26.